The van der Waals surface area contributed by atoms with E-state index in [1.165, 1.54) is 0 Å². The molecule has 4 heterocycles. The van der Waals surface area contributed by atoms with Crippen LogP contribution in [0.5, 0.6) is 0 Å². The van der Waals surface area contributed by atoms with Crippen molar-refractivity contribution in [2.24, 2.45) is 0 Å². The number of carboxylic acids is 1. The average Bonchev–Trinajstić information content (AvgIpc) is 3.20. The third kappa shape index (κ3) is 12.5. The zero-order valence-electron chi connectivity index (χ0n) is 34.0. The number of hydrogen-bond donors (Lipinski definition) is 16. The number of carboxylic acid groups (broad SMARTS) is 1. The zero-order valence-corrected chi connectivity index (χ0v) is 34.8. The second kappa shape index (κ2) is 22.2. The van der Waals surface area contributed by atoms with Crippen LogP contribution in [-0.4, -0.2) is 253 Å². The number of rotatable bonds is 18. The van der Waals surface area contributed by atoms with Gasteiger partial charge in [0.1, 0.15) is 91.4 Å². The van der Waals surface area contributed by atoms with Crippen LogP contribution in [0.1, 0.15) is 27.2 Å². The number of amides is 3. The van der Waals surface area contributed by atoms with Crippen LogP contribution in [0, 0.1) is 0 Å². The molecule has 0 unspecified atom stereocenters. The summed E-state index contributed by atoms with van der Waals surface area (Å²) >= 11 is 0. The second-order valence-corrected chi connectivity index (χ2v) is 16.4. The molecule has 4 fully saturated rings. The summed E-state index contributed by atoms with van der Waals surface area (Å²) in [5.41, 5.74) is 0. The standard InChI is InChI=1S/C33H55N3O27S/c1-9(40)34-17-12(43)4-33(32(51)52,62-27(17)20(45)13(44)5-37)63-28-22(47)15(7-39)58-31(24(28)49)60-25-16(8-56-64(53,54)55)59-30(18(23(25)48)35-10(2)41)61-26-19(36-11(3)42)29(50)57-14(6-38)21(26)46/h12-31,37-39,43-50H,4-8H2,1-3H3,(H,34,40)(H,35,41)(H,36,42)(H,51,52)(H,53,54,55)/t12-,13+,14+,15+,16+,17+,18+,19+,20+,21-,22-,23+,24+,25+,26+,27+,28-,29-,30-,31-,33-/m0/s1. The van der Waals surface area contributed by atoms with Gasteiger partial charge in [0.25, 0.3) is 5.79 Å². The van der Waals surface area contributed by atoms with Crippen molar-refractivity contribution in [3.63, 3.8) is 0 Å². The summed E-state index contributed by atoms with van der Waals surface area (Å²) in [6.45, 7) is -1.57. The smallest absolute Gasteiger partial charge is 0.397 e. The first kappa shape index (κ1) is 53.6. The molecule has 4 rings (SSSR count). The topological polar surface area (TPSA) is 475 Å². The van der Waals surface area contributed by atoms with E-state index in [9.17, 15) is 93.4 Å². The lowest BCUT2D eigenvalue weighted by atomic mass is 9.88. The van der Waals surface area contributed by atoms with Crippen LogP contribution in [0.3, 0.4) is 0 Å². The van der Waals surface area contributed by atoms with Crippen molar-refractivity contribution in [2.75, 3.05) is 26.4 Å². The third-order valence-electron chi connectivity index (χ3n) is 10.6. The molecule has 0 aromatic rings. The van der Waals surface area contributed by atoms with Crippen molar-refractivity contribution in [3.8, 4) is 0 Å². The minimum Gasteiger partial charge on any atom is -0.477 e. The molecular formula is C33H55N3O27S. The van der Waals surface area contributed by atoms with Gasteiger partial charge in [0.05, 0.1) is 38.6 Å². The van der Waals surface area contributed by atoms with E-state index in [0.29, 0.717) is 0 Å². The van der Waals surface area contributed by atoms with Crippen molar-refractivity contribution >= 4 is 34.1 Å². The fraction of sp³-hybridized carbons (Fsp3) is 0.879. The largest absolute Gasteiger partial charge is 0.477 e. The Hall–Kier alpha value is -2.97. The molecule has 4 saturated heterocycles. The molecule has 30 nitrogen and oxygen atoms in total. The van der Waals surface area contributed by atoms with Crippen LogP contribution in [0.25, 0.3) is 0 Å². The number of aliphatic carboxylic acids is 1. The number of carbonyl (C=O) groups is 4. The molecule has 0 spiro atoms. The summed E-state index contributed by atoms with van der Waals surface area (Å²) in [5.74, 6) is -7.84. The lowest BCUT2D eigenvalue weighted by molar-refractivity contribution is -0.385. The van der Waals surface area contributed by atoms with Gasteiger partial charge in [-0.3, -0.25) is 18.9 Å². The van der Waals surface area contributed by atoms with Gasteiger partial charge >= 0.3 is 16.4 Å². The molecule has 0 aromatic carbocycles. The summed E-state index contributed by atoms with van der Waals surface area (Å²) in [4.78, 5) is 49.4. The molecule has 0 radical (unpaired) electrons. The average molecular weight is 958 g/mol. The summed E-state index contributed by atoms with van der Waals surface area (Å²) in [6, 6.07) is -5.18. The molecule has 4 aliphatic rings. The monoisotopic (exact) mass is 957 g/mol. The van der Waals surface area contributed by atoms with Crippen molar-refractivity contribution in [1.82, 2.24) is 16.0 Å². The third-order valence-corrected chi connectivity index (χ3v) is 11.0. The van der Waals surface area contributed by atoms with Gasteiger partial charge in [-0.1, -0.05) is 0 Å². The minimum atomic E-state index is -5.35. The first-order chi connectivity index (χ1) is 29.8. The molecule has 0 bridgehead atoms. The highest BCUT2D eigenvalue weighted by Crippen LogP contribution is 2.39. The second-order valence-electron chi connectivity index (χ2n) is 15.3. The SMILES string of the molecule is CC(=O)N[C@@H]1[C@@H](O[C@@H]2O[C@H](COS(=O)(=O)O)[C@@H](O[C@@H]3O[C@H](CO)[C@H](O)[C@H](O[C@]4(C(=O)O)C[C@H](O)[C@@H](NC(C)=O)[C@H]([C@H](O)[C@H](O)CO)O4)[C@H]3O)[C@H](O)[C@H]2NC(C)=O)[C@@H](O)[C@@H](CO)O[C@@H]1O. The Morgan fingerprint density at radius 2 is 1.22 bits per heavy atom. The van der Waals surface area contributed by atoms with E-state index in [1.807, 2.05) is 0 Å². The quantitative estimate of drug-likeness (QED) is 0.0567. The Morgan fingerprint density at radius 1 is 0.703 bits per heavy atom. The number of carbonyl (C=O) groups excluding carboxylic acids is 3. The van der Waals surface area contributed by atoms with Crippen molar-refractivity contribution in [1.29, 1.82) is 0 Å². The van der Waals surface area contributed by atoms with E-state index >= 15 is 0 Å². The van der Waals surface area contributed by atoms with Crippen LogP contribution in [0.15, 0.2) is 0 Å². The van der Waals surface area contributed by atoms with Gasteiger partial charge in [0.15, 0.2) is 18.9 Å². The van der Waals surface area contributed by atoms with Crippen molar-refractivity contribution in [2.45, 2.75) is 155 Å². The molecule has 21 atom stereocenters. The molecule has 0 saturated carbocycles. The summed E-state index contributed by atoms with van der Waals surface area (Å²) in [6.07, 6.45) is -36.5. The van der Waals surface area contributed by atoms with Crippen LogP contribution in [0.4, 0.5) is 0 Å². The van der Waals surface area contributed by atoms with E-state index in [4.69, 9.17) is 33.2 Å². The van der Waals surface area contributed by atoms with Crippen molar-refractivity contribution in [3.05, 3.63) is 0 Å². The van der Waals surface area contributed by atoms with Crippen LogP contribution >= 0.6 is 0 Å². The van der Waals surface area contributed by atoms with Crippen molar-refractivity contribution < 1.29 is 131 Å². The fourth-order valence-corrected chi connectivity index (χ4v) is 7.90. The number of hydrogen-bond acceptors (Lipinski definition) is 25. The predicted octanol–water partition coefficient (Wildman–Crippen LogP) is -10.3. The van der Waals surface area contributed by atoms with Gasteiger partial charge in [0.2, 0.25) is 17.7 Å². The molecular weight excluding hydrogens is 902 g/mol. The zero-order chi connectivity index (χ0) is 48.2. The van der Waals surface area contributed by atoms with E-state index in [-0.39, 0.29) is 0 Å². The Balaban J connectivity index is 1.73. The van der Waals surface area contributed by atoms with Gasteiger partial charge in [-0.05, 0) is 0 Å². The van der Waals surface area contributed by atoms with E-state index in [2.05, 4.69) is 20.1 Å². The maximum atomic E-state index is 12.9. The maximum absolute atomic E-state index is 12.9. The Bertz CT molecular complexity index is 1720. The molecule has 16 N–H and O–H groups in total. The molecule has 64 heavy (non-hydrogen) atoms. The minimum absolute atomic E-state index is 0.793. The van der Waals surface area contributed by atoms with Crippen LogP contribution < -0.4 is 16.0 Å². The molecule has 370 valence electrons. The predicted molar refractivity (Wildman–Crippen MR) is 196 cm³/mol. The summed E-state index contributed by atoms with van der Waals surface area (Å²) in [5, 5.41) is 135. The summed E-state index contributed by atoms with van der Waals surface area (Å²) in [7, 11) is -5.35. The van der Waals surface area contributed by atoms with Crippen LogP contribution in [-0.2, 0) is 66.9 Å². The highest BCUT2D eigenvalue weighted by molar-refractivity contribution is 7.80. The van der Waals surface area contributed by atoms with Gasteiger partial charge in [-0.25, -0.2) is 8.98 Å². The molecule has 0 aliphatic carbocycles. The van der Waals surface area contributed by atoms with Gasteiger partial charge in [0, 0.05) is 27.2 Å². The first-order valence-corrected chi connectivity index (χ1v) is 20.7. The Kier molecular flexibility index (Phi) is 18.6. The van der Waals surface area contributed by atoms with E-state index in [0.717, 1.165) is 20.8 Å². The molecule has 31 heteroatoms. The number of nitrogens with one attached hydrogen (secondary N) is 3. The van der Waals surface area contributed by atoms with Gasteiger partial charge in [-0.15, -0.1) is 0 Å². The Labute approximate surface area is 362 Å². The van der Waals surface area contributed by atoms with Crippen LogP contribution in [0.2, 0.25) is 0 Å². The maximum Gasteiger partial charge on any atom is 0.397 e. The van der Waals surface area contributed by atoms with Gasteiger partial charge in [-0.2, -0.15) is 8.42 Å². The number of ether oxygens (including phenoxy) is 7. The van der Waals surface area contributed by atoms with E-state index in [1.54, 1.807) is 0 Å². The normalized spacial score (nSPS) is 41.6. The molecule has 0 aromatic heterocycles. The summed E-state index contributed by atoms with van der Waals surface area (Å²) < 4.78 is 76.7. The van der Waals surface area contributed by atoms with E-state index < -0.39 is 195 Å². The Morgan fingerprint density at radius 3 is 1.75 bits per heavy atom. The van der Waals surface area contributed by atoms with Gasteiger partial charge < -0.3 is 110 Å². The number of aliphatic hydroxyl groups excluding tert-OH is 11. The fourth-order valence-electron chi connectivity index (χ4n) is 7.60. The highest BCUT2D eigenvalue weighted by Gasteiger charge is 2.61. The highest BCUT2D eigenvalue weighted by atomic mass is 32.3. The molecule has 4 aliphatic heterocycles. The molecule has 3 amide bonds. The lowest BCUT2D eigenvalue weighted by Gasteiger charge is -2.51. The number of aliphatic hydroxyl groups is 11. The first-order valence-electron chi connectivity index (χ1n) is 19.4. The lowest BCUT2D eigenvalue weighted by Crippen LogP contribution is -2.71.